The molecule has 9 heteroatoms. The minimum atomic E-state index is -0.470. The normalized spacial score (nSPS) is 16.8. The summed E-state index contributed by atoms with van der Waals surface area (Å²) in [6, 6.07) is 11.7. The molecule has 4 aromatic rings. The van der Waals surface area contributed by atoms with Crippen LogP contribution < -0.4 is 0 Å². The number of hydrogen-bond acceptors (Lipinski definition) is 5. The summed E-state index contributed by atoms with van der Waals surface area (Å²) in [6.45, 7) is 0.606. The van der Waals surface area contributed by atoms with E-state index in [2.05, 4.69) is 15.1 Å². The average molecular weight is 407 g/mol. The molecule has 152 valence electrons. The molecule has 0 bridgehead atoms. The molecule has 2 aromatic carbocycles. The van der Waals surface area contributed by atoms with Crippen LogP contribution in [0.1, 0.15) is 25.5 Å². The van der Waals surface area contributed by atoms with Crippen LogP contribution in [-0.2, 0) is 4.74 Å². The van der Waals surface area contributed by atoms with Crippen molar-refractivity contribution in [3.05, 3.63) is 64.6 Å². The average Bonchev–Trinajstić information content (AvgIpc) is 3.39. The van der Waals surface area contributed by atoms with Gasteiger partial charge in [-0.3, -0.25) is 10.1 Å². The van der Waals surface area contributed by atoms with E-state index in [0.717, 1.165) is 24.8 Å². The number of rotatable bonds is 4. The molecule has 0 spiro atoms. The van der Waals surface area contributed by atoms with Gasteiger partial charge < -0.3 is 9.72 Å². The monoisotopic (exact) mass is 407 g/mol. The van der Waals surface area contributed by atoms with Crippen LogP contribution in [0.4, 0.5) is 10.1 Å². The van der Waals surface area contributed by atoms with Gasteiger partial charge in [-0.1, -0.05) is 24.3 Å². The quantitative estimate of drug-likeness (QED) is 0.385. The maximum absolute atomic E-state index is 13.7. The molecule has 2 aromatic heterocycles. The van der Waals surface area contributed by atoms with Crippen molar-refractivity contribution in [2.24, 2.45) is 0 Å². The molecule has 0 aliphatic carbocycles. The lowest BCUT2D eigenvalue weighted by molar-refractivity contribution is -0.384. The van der Waals surface area contributed by atoms with Gasteiger partial charge >= 0.3 is 5.69 Å². The predicted molar refractivity (Wildman–Crippen MR) is 108 cm³/mol. The maximum atomic E-state index is 13.7. The molecule has 8 nitrogen and oxygen atoms in total. The predicted octanol–water partition coefficient (Wildman–Crippen LogP) is 4.84. The first-order valence-corrected chi connectivity index (χ1v) is 9.70. The topological polar surface area (TPSA) is 98.9 Å². The van der Waals surface area contributed by atoms with Gasteiger partial charge in [-0.05, 0) is 43.0 Å². The number of nitrogens with one attached hydrogen (secondary N) is 1. The van der Waals surface area contributed by atoms with Crippen molar-refractivity contribution in [3.8, 4) is 22.6 Å². The van der Waals surface area contributed by atoms with Crippen LogP contribution in [-0.4, -0.2) is 31.3 Å². The number of ether oxygens (including phenoxy) is 1. The van der Waals surface area contributed by atoms with E-state index in [1.54, 1.807) is 12.1 Å². The van der Waals surface area contributed by atoms with Gasteiger partial charge in [0, 0.05) is 12.2 Å². The summed E-state index contributed by atoms with van der Waals surface area (Å²) in [5.41, 5.74) is 2.69. The Morgan fingerprint density at radius 3 is 2.87 bits per heavy atom. The molecule has 3 heterocycles. The van der Waals surface area contributed by atoms with E-state index in [-0.39, 0.29) is 29.3 Å². The number of halogens is 1. The van der Waals surface area contributed by atoms with Gasteiger partial charge in [0.25, 0.3) is 0 Å². The van der Waals surface area contributed by atoms with Crippen molar-refractivity contribution in [2.45, 2.75) is 25.5 Å². The zero-order valence-electron chi connectivity index (χ0n) is 15.9. The van der Waals surface area contributed by atoms with Crippen LogP contribution in [0.5, 0.6) is 0 Å². The van der Waals surface area contributed by atoms with Crippen molar-refractivity contribution in [1.29, 1.82) is 0 Å². The summed E-state index contributed by atoms with van der Waals surface area (Å²) >= 11 is 0. The summed E-state index contributed by atoms with van der Waals surface area (Å²) < 4.78 is 20.9. The molecular weight excluding hydrogens is 389 g/mol. The standard InChI is InChI=1S/C21H18FN5O3/c22-14-6-3-5-13(11-14)15-7-4-8-16-19(15)24-21(23-16)20-17(27(28)29)12-26(25-20)18-9-1-2-10-30-18/h3-8,11-12,18H,1-2,9-10H2,(H,23,24). The second-order valence-corrected chi connectivity index (χ2v) is 7.22. The Hall–Kier alpha value is -3.59. The third-order valence-electron chi connectivity index (χ3n) is 5.23. The highest BCUT2D eigenvalue weighted by Gasteiger charge is 2.27. The lowest BCUT2D eigenvalue weighted by Gasteiger charge is -2.22. The van der Waals surface area contributed by atoms with Gasteiger partial charge in [-0.2, -0.15) is 5.10 Å². The number of nitro groups is 1. The lowest BCUT2D eigenvalue weighted by Crippen LogP contribution is -2.18. The first kappa shape index (κ1) is 18.4. The van der Waals surface area contributed by atoms with E-state index >= 15 is 0 Å². The SMILES string of the molecule is O=[N+]([O-])c1cn(C2CCCCO2)nc1-c1nc2c(-c3cccc(F)c3)cccc2[nH]1. The minimum absolute atomic E-state index is 0.143. The third kappa shape index (κ3) is 3.22. The number of nitrogens with zero attached hydrogens (tertiary/aromatic N) is 4. The van der Waals surface area contributed by atoms with Crippen LogP contribution >= 0.6 is 0 Å². The van der Waals surface area contributed by atoms with E-state index in [1.807, 2.05) is 18.2 Å². The zero-order valence-corrected chi connectivity index (χ0v) is 15.9. The van der Waals surface area contributed by atoms with E-state index in [1.165, 1.54) is 23.0 Å². The number of para-hydroxylation sites is 1. The van der Waals surface area contributed by atoms with Crippen LogP contribution in [0.15, 0.2) is 48.7 Å². The molecule has 1 atom stereocenters. The fourth-order valence-corrected chi connectivity index (χ4v) is 3.80. The van der Waals surface area contributed by atoms with E-state index < -0.39 is 4.92 Å². The molecule has 1 fully saturated rings. The molecule has 1 aliphatic heterocycles. The van der Waals surface area contributed by atoms with Gasteiger partial charge in [0.15, 0.2) is 5.82 Å². The number of hydrogen-bond donors (Lipinski definition) is 1. The number of benzene rings is 2. The van der Waals surface area contributed by atoms with Crippen molar-refractivity contribution >= 4 is 16.7 Å². The smallest absolute Gasteiger partial charge is 0.318 e. The van der Waals surface area contributed by atoms with Gasteiger partial charge in [0.1, 0.15) is 18.2 Å². The Bertz CT molecular complexity index is 1240. The summed E-state index contributed by atoms with van der Waals surface area (Å²) in [5.74, 6) is -0.0581. The molecule has 1 unspecified atom stereocenters. The Kier molecular flexibility index (Phi) is 4.51. The largest absolute Gasteiger partial charge is 0.357 e. The molecule has 1 aliphatic rings. The summed E-state index contributed by atoms with van der Waals surface area (Å²) in [6.07, 6.45) is 3.78. The van der Waals surface area contributed by atoms with Gasteiger partial charge in [-0.15, -0.1) is 0 Å². The number of imidazole rings is 1. The Balaban J connectivity index is 1.62. The minimum Gasteiger partial charge on any atom is -0.357 e. The van der Waals surface area contributed by atoms with Crippen LogP contribution in [0.25, 0.3) is 33.7 Å². The van der Waals surface area contributed by atoms with E-state index in [4.69, 9.17) is 4.74 Å². The molecular formula is C21H18FN5O3. The van der Waals surface area contributed by atoms with Crippen molar-refractivity contribution in [2.75, 3.05) is 6.61 Å². The van der Waals surface area contributed by atoms with Gasteiger partial charge in [0.2, 0.25) is 5.69 Å². The Morgan fingerprint density at radius 1 is 1.23 bits per heavy atom. The van der Waals surface area contributed by atoms with Crippen LogP contribution in [0, 0.1) is 15.9 Å². The first-order chi connectivity index (χ1) is 14.6. The molecule has 30 heavy (non-hydrogen) atoms. The Labute approximate surface area is 170 Å². The molecule has 1 N–H and O–H groups in total. The molecule has 0 amide bonds. The molecule has 0 saturated carbocycles. The molecule has 5 rings (SSSR count). The van der Waals surface area contributed by atoms with Crippen molar-refractivity contribution < 1.29 is 14.1 Å². The van der Waals surface area contributed by atoms with E-state index in [9.17, 15) is 14.5 Å². The Morgan fingerprint density at radius 2 is 2.10 bits per heavy atom. The van der Waals surface area contributed by atoms with Crippen LogP contribution in [0.3, 0.4) is 0 Å². The third-order valence-corrected chi connectivity index (χ3v) is 5.23. The number of fused-ring (bicyclic) bond motifs is 1. The summed E-state index contributed by atoms with van der Waals surface area (Å²) in [4.78, 5) is 18.9. The second kappa shape index (κ2) is 7.34. The molecule has 1 saturated heterocycles. The van der Waals surface area contributed by atoms with Gasteiger partial charge in [-0.25, -0.2) is 14.1 Å². The highest BCUT2D eigenvalue weighted by molar-refractivity contribution is 5.93. The maximum Gasteiger partial charge on any atom is 0.318 e. The fourth-order valence-electron chi connectivity index (χ4n) is 3.80. The highest BCUT2D eigenvalue weighted by Crippen LogP contribution is 2.34. The summed E-state index contributed by atoms with van der Waals surface area (Å²) in [7, 11) is 0. The number of H-pyrrole nitrogens is 1. The number of aromatic nitrogens is 4. The van der Waals surface area contributed by atoms with Crippen LogP contribution in [0.2, 0.25) is 0 Å². The summed E-state index contributed by atoms with van der Waals surface area (Å²) in [5, 5.41) is 16.1. The zero-order chi connectivity index (χ0) is 20.7. The van der Waals surface area contributed by atoms with E-state index in [0.29, 0.717) is 23.2 Å². The fraction of sp³-hybridized carbons (Fsp3) is 0.238. The second-order valence-electron chi connectivity index (χ2n) is 7.22. The molecule has 0 radical (unpaired) electrons. The first-order valence-electron chi connectivity index (χ1n) is 9.70. The van der Waals surface area contributed by atoms with Crippen molar-refractivity contribution in [1.82, 2.24) is 19.7 Å². The van der Waals surface area contributed by atoms with Crippen molar-refractivity contribution in [3.63, 3.8) is 0 Å². The lowest BCUT2D eigenvalue weighted by atomic mass is 10.0. The number of aromatic amines is 1. The highest BCUT2D eigenvalue weighted by atomic mass is 19.1. The van der Waals surface area contributed by atoms with Gasteiger partial charge in [0.05, 0.1) is 16.0 Å².